The van der Waals surface area contributed by atoms with E-state index in [1.807, 2.05) is 12.4 Å². The maximum absolute atomic E-state index is 7.01. The van der Waals surface area contributed by atoms with Gasteiger partial charge in [-0.25, -0.2) is 0 Å². The number of benzene rings is 8. The van der Waals surface area contributed by atoms with Gasteiger partial charge in [-0.1, -0.05) is 163 Å². The van der Waals surface area contributed by atoms with Crippen LogP contribution in [0.1, 0.15) is 103 Å². The average Bonchev–Trinajstić information content (AvgIpc) is 4.11. The summed E-state index contributed by atoms with van der Waals surface area (Å²) in [4.78, 5) is 4.35. The normalized spacial score (nSPS) is 15.9. The fourth-order valence-corrected chi connectivity index (χ4v) is 13.6. The number of aromatic nitrogens is 1. The molecule has 1 unspecified atom stereocenters. The van der Waals surface area contributed by atoms with E-state index in [0.29, 0.717) is 0 Å². The van der Waals surface area contributed by atoms with Gasteiger partial charge in [-0.2, -0.15) is 0 Å². The van der Waals surface area contributed by atoms with Crippen molar-refractivity contribution < 1.29 is 8.83 Å². The number of aryl methyl sites for hydroxylation is 1. The highest BCUT2D eigenvalue weighted by Crippen LogP contribution is 2.63. The van der Waals surface area contributed by atoms with E-state index >= 15 is 0 Å². The minimum absolute atomic E-state index is 0.174. The molecule has 0 bridgehead atoms. The van der Waals surface area contributed by atoms with Gasteiger partial charge in [-0.3, -0.25) is 4.98 Å². The maximum atomic E-state index is 7.01. The lowest BCUT2D eigenvalue weighted by Gasteiger charge is -2.31. The van der Waals surface area contributed by atoms with E-state index in [-0.39, 0.29) is 22.2 Å². The van der Waals surface area contributed by atoms with Gasteiger partial charge in [0.25, 0.3) is 0 Å². The van der Waals surface area contributed by atoms with Gasteiger partial charge in [-0.15, -0.1) is 0 Å². The molecule has 69 heavy (non-hydrogen) atoms. The van der Waals surface area contributed by atoms with Gasteiger partial charge in [0.15, 0.2) is 0 Å². The summed E-state index contributed by atoms with van der Waals surface area (Å²) in [6.07, 6.45) is 5.61. The Hall–Kier alpha value is -7.49. The molecule has 3 heteroatoms. The highest BCUT2D eigenvalue weighted by atomic mass is 16.3. The van der Waals surface area contributed by atoms with Gasteiger partial charge in [-0.05, 0) is 145 Å². The highest BCUT2D eigenvalue weighted by Gasteiger charge is 2.48. The van der Waals surface area contributed by atoms with Crippen molar-refractivity contribution in [2.75, 3.05) is 0 Å². The van der Waals surface area contributed by atoms with E-state index in [1.165, 1.54) is 105 Å². The van der Waals surface area contributed by atoms with Crippen molar-refractivity contribution in [1.29, 1.82) is 0 Å². The summed E-state index contributed by atoms with van der Waals surface area (Å²) in [6, 6.07) is 56.6. The third kappa shape index (κ3) is 5.48. The molecule has 11 aromatic rings. The lowest BCUT2D eigenvalue weighted by Crippen LogP contribution is -2.24. The minimum atomic E-state index is -0.251. The second-order valence-corrected chi connectivity index (χ2v) is 21.8. The van der Waals surface area contributed by atoms with Gasteiger partial charge in [0.2, 0.25) is 0 Å². The highest BCUT2D eigenvalue weighted by molar-refractivity contribution is 6.21. The lowest BCUT2D eigenvalue weighted by molar-refractivity contribution is 0.598. The molecule has 3 aliphatic rings. The van der Waals surface area contributed by atoms with Crippen LogP contribution in [0.2, 0.25) is 0 Å². The SMILES string of the molecule is Cc1ccccc1C(Cc1ccc2c(c1)C(C)(C)c1cc(-c3ccncc3)c3oc4ccccc4c3c1-2)Cc1ccc2c(c1)C(C)(C)c1c3c(c4c(oc5ccccc54)c1-2)-c1ccccc1C3(C)C. The number of pyridine rings is 1. The molecule has 0 radical (unpaired) electrons. The van der Waals surface area contributed by atoms with E-state index in [2.05, 4.69) is 205 Å². The van der Waals surface area contributed by atoms with Crippen LogP contribution < -0.4 is 0 Å². The second kappa shape index (κ2) is 14.0. The van der Waals surface area contributed by atoms with E-state index in [1.54, 1.807) is 0 Å². The summed E-state index contributed by atoms with van der Waals surface area (Å²) >= 11 is 0. The average molecular weight is 892 g/mol. The van der Waals surface area contributed by atoms with Crippen LogP contribution in [0.15, 0.2) is 173 Å². The summed E-state index contributed by atoms with van der Waals surface area (Å²) in [5, 5.41) is 4.81. The Morgan fingerprint density at radius 3 is 1.68 bits per heavy atom. The van der Waals surface area contributed by atoms with Crippen LogP contribution in [-0.4, -0.2) is 4.98 Å². The Morgan fingerprint density at radius 1 is 0.449 bits per heavy atom. The first-order valence-corrected chi connectivity index (χ1v) is 24.8. The summed E-state index contributed by atoms with van der Waals surface area (Å²) in [6.45, 7) is 16.9. The molecule has 14 rings (SSSR count). The molecular weight excluding hydrogens is 839 g/mol. The van der Waals surface area contributed by atoms with E-state index in [4.69, 9.17) is 8.83 Å². The molecule has 0 spiro atoms. The standard InChI is InChI=1S/C66H53NO2/c1-37-16-8-9-17-42(37)41(32-38-24-26-44-50(34-38)64(2,3)52-36-48(40-28-30-67-31-29-40)62-57(55(44)52)46-19-11-14-22-53(46)68-62)33-39-25-27-45-51(35-39)66(6,7)61-59(45)63-58(47-20-12-15-23-54(47)69-63)56-43-18-10-13-21-49(43)65(4,5)60(56)61/h8-31,34-36,41H,32-33H2,1-7H3. The molecule has 3 aromatic heterocycles. The zero-order chi connectivity index (χ0) is 46.7. The van der Waals surface area contributed by atoms with Crippen molar-refractivity contribution in [3.05, 3.63) is 220 Å². The quantitative estimate of drug-likeness (QED) is 0.167. The fraction of sp³-hybridized carbons (Fsp3) is 0.197. The largest absolute Gasteiger partial charge is 0.455 e. The van der Waals surface area contributed by atoms with E-state index < -0.39 is 0 Å². The monoisotopic (exact) mass is 891 g/mol. The van der Waals surface area contributed by atoms with Gasteiger partial charge in [0, 0.05) is 61.3 Å². The minimum Gasteiger partial charge on any atom is -0.455 e. The summed E-state index contributed by atoms with van der Waals surface area (Å²) in [5.74, 6) is 0.267. The second-order valence-electron chi connectivity index (χ2n) is 21.8. The third-order valence-corrected chi connectivity index (χ3v) is 16.9. The van der Waals surface area contributed by atoms with Crippen molar-refractivity contribution in [3.63, 3.8) is 0 Å². The zero-order valence-corrected chi connectivity index (χ0v) is 40.3. The molecule has 0 aliphatic heterocycles. The topological polar surface area (TPSA) is 39.2 Å². The summed E-state index contributed by atoms with van der Waals surface area (Å²) in [7, 11) is 0. The van der Waals surface area contributed by atoms with Gasteiger partial charge in [0.05, 0.1) is 0 Å². The van der Waals surface area contributed by atoms with Crippen LogP contribution in [0.25, 0.3) is 88.4 Å². The molecule has 0 amide bonds. The first kappa shape index (κ1) is 40.6. The smallest absolute Gasteiger partial charge is 0.144 e. The molecule has 0 saturated heterocycles. The molecule has 3 heterocycles. The number of para-hydroxylation sites is 2. The number of fused-ring (bicyclic) bond motifs is 19. The van der Waals surface area contributed by atoms with E-state index in [0.717, 1.165) is 51.7 Å². The first-order valence-electron chi connectivity index (χ1n) is 24.8. The lowest BCUT2D eigenvalue weighted by atomic mass is 9.72. The van der Waals surface area contributed by atoms with Gasteiger partial charge >= 0.3 is 0 Å². The van der Waals surface area contributed by atoms with Crippen molar-refractivity contribution in [2.24, 2.45) is 0 Å². The Balaban J connectivity index is 0.887. The molecule has 0 N–H and O–H groups in total. The molecule has 8 aromatic carbocycles. The zero-order valence-electron chi connectivity index (χ0n) is 40.3. The van der Waals surface area contributed by atoms with Crippen LogP contribution in [0.5, 0.6) is 0 Å². The van der Waals surface area contributed by atoms with Crippen molar-refractivity contribution in [2.45, 2.75) is 83.5 Å². The van der Waals surface area contributed by atoms with Gasteiger partial charge < -0.3 is 8.83 Å². The van der Waals surface area contributed by atoms with E-state index in [9.17, 15) is 0 Å². The number of hydrogen-bond donors (Lipinski definition) is 0. The van der Waals surface area contributed by atoms with Crippen molar-refractivity contribution in [3.8, 4) is 44.5 Å². The third-order valence-electron chi connectivity index (χ3n) is 16.9. The van der Waals surface area contributed by atoms with Gasteiger partial charge in [0.1, 0.15) is 22.3 Å². The Kier molecular flexibility index (Phi) is 8.26. The van der Waals surface area contributed by atoms with Crippen LogP contribution in [0.3, 0.4) is 0 Å². The molecule has 0 fully saturated rings. The maximum Gasteiger partial charge on any atom is 0.144 e. The molecule has 3 aliphatic carbocycles. The molecule has 334 valence electrons. The van der Waals surface area contributed by atoms with Crippen LogP contribution in [0, 0.1) is 6.92 Å². The van der Waals surface area contributed by atoms with Crippen molar-refractivity contribution in [1.82, 2.24) is 4.98 Å². The Morgan fingerprint density at radius 2 is 0.986 bits per heavy atom. The molecular formula is C66H53NO2. The van der Waals surface area contributed by atoms with Crippen LogP contribution in [-0.2, 0) is 29.1 Å². The number of nitrogens with zero attached hydrogens (tertiary/aromatic N) is 1. The number of hydrogen-bond acceptors (Lipinski definition) is 3. The van der Waals surface area contributed by atoms with Crippen LogP contribution >= 0.6 is 0 Å². The fourth-order valence-electron chi connectivity index (χ4n) is 13.6. The van der Waals surface area contributed by atoms with Crippen molar-refractivity contribution >= 4 is 43.9 Å². The molecule has 1 atom stereocenters. The summed E-state index contributed by atoms with van der Waals surface area (Å²) in [5.41, 5.74) is 27.1. The van der Waals surface area contributed by atoms with Crippen LogP contribution in [0.4, 0.5) is 0 Å². The molecule has 3 nitrogen and oxygen atoms in total. The molecule has 0 saturated carbocycles. The Labute approximate surface area is 403 Å². The summed E-state index contributed by atoms with van der Waals surface area (Å²) < 4.78 is 13.8. The predicted molar refractivity (Wildman–Crippen MR) is 285 cm³/mol. The Bertz CT molecular complexity index is 4010. The number of rotatable bonds is 6. The first-order chi connectivity index (χ1) is 33.4. The predicted octanol–water partition coefficient (Wildman–Crippen LogP) is 17.3. The number of furan rings is 2.